The van der Waals surface area contributed by atoms with E-state index >= 15 is 0 Å². The smallest absolute Gasteiger partial charge is 0.303 e. The van der Waals surface area contributed by atoms with Crippen LogP contribution in [0.1, 0.15) is 209 Å². The number of hydrogen-bond acceptors (Lipinski definition) is 8. The third-order valence-electron chi connectivity index (χ3n) is 16.0. The van der Waals surface area contributed by atoms with Crippen molar-refractivity contribution in [2.24, 2.45) is 29.6 Å². The largest absolute Gasteiger partial charge is 0.481 e. The first-order valence-corrected chi connectivity index (χ1v) is 58.7. The molecule has 20 heteroatoms. The molecule has 4 amide bonds. The molecule has 9 rings (SSSR count). The van der Waals surface area contributed by atoms with Crippen LogP contribution in [0.15, 0.2) is 0 Å². The second-order valence-corrected chi connectivity index (χ2v) is 122. The van der Waals surface area contributed by atoms with Crippen LogP contribution in [0, 0.1) is 29.6 Å². The average Bonchev–Trinajstić information content (AvgIpc) is 4.14. The molecule has 9 atom stereocenters. The molecule has 13 nitrogen and oxygen atoms in total. The molecule has 74 heavy (non-hydrogen) atoms. The van der Waals surface area contributed by atoms with Gasteiger partial charge in [0.1, 0.15) is 11.2 Å². The number of piperidine rings is 4. The molecule has 0 aromatic heterocycles. The Bertz CT molecular complexity index is 1720. The summed E-state index contributed by atoms with van der Waals surface area (Å²) < 4.78 is 11.0. The fraction of sp³-hybridized carbons (Fsp3) is 0.907. The van der Waals surface area contributed by atoms with E-state index in [2.05, 4.69) is 96.6 Å². The number of amides is 4. The Morgan fingerprint density at radius 1 is 0.541 bits per heavy atom. The molecule has 5 aliphatic carbocycles. The average molecular weight is 1830 g/mol. The molecule has 9 fully saturated rings. The van der Waals surface area contributed by atoms with Crippen molar-refractivity contribution in [1.82, 2.24) is 24.9 Å². The zero-order chi connectivity index (χ0) is 53.1. The third-order valence-corrected chi connectivity index (χ3v) is 181. The first kappa shape index (κ1) is 70.3. The zero-order valence-electron chi connectivity index (χ0n) is 45.4. The molecule has 3 unspecified atom stereocenters. The van der Waals surface area contributed by atoms with Crippen LogP contribution in [-0.2, 0) is 23.9 Å². The summed E-state index contributed by atoms with van der Waals surface area (Å²) in [7, 11) is 5.18. The molecule has 6 bridgehead atoms. The molecule has 4 heterocycles. The molecule has 0 aromatic carbocycles. The van der Waals surface area contributed by atoms with Crippen molar-refractivity contribution in [3.05, 3.63) is 0 Å². The SMILES string of the molecule is C.CN(C(=O)OC(C)(C)C)C1C[C@H]2CCC[C@@H](C1)C2.CN(C(=O)OC(C)(C)C)C1C[C@H]2CCC[C@@H](C1)N2C(=O)CC1CC1.CNC1C[C@H]2CCC[C@@H](C1)N2C(=O)CC1CC1.I.II(I)I(I)I.O=C(O)CC1CC1. The van der Waals surface area contributed by atoms with Gasteiger partial charge in [0.05, 0.1) is 0 Å². The number of carbonyl (C=O) groups is 5. The number of nitrogens with one attached hydrogen (secondary N) is 1. The van der Waals surface area contributed by atoms with E-state index in [1.54, 1.807) is 4.90 Å². The van der Waals surface area contributed by atoms with Crippen molar-refractivity contribution in [1.29, 1.82) is 0 Å². The summed E-state index contributed by atoms with van der Waals surface area (Å²) in [4.78, 5) is 67.4. The number of nitrogens with zero attached hydrogens (tertiary/aromatic N) is 4. The summed E-state index contributed by atoms with van der Waals surface area (Å²) in [5.74, 6) is 3.73. The Morgan fingerprint density at radius 3 is 1.16 bits per heavy atom. The monoisotopic (exact) mass is 1830 g/mol. The van der Waals surface area contributed by atoms with E-state index in [-0.39, 0.29) is 65.4 Å². The van der Waals surface area contributed by atoms with Gasteiger partial charge >= 0.3 is 108 Å². The minimum Gasteiger partial charge on any atom is -0.481 e. The van der Waals surface area contributed by atoms with Crippen LogP contribution in [0.4, 0.5) is 9.59 Å². The molecule has 0 aromatic rings. The van der Waals surface area contributed by atoms with Gasteiger partial charge in [-0.05, 0) is 200 Å². The van der Waals surface area contributed by atoms with Crippen LogP contribution < -0.4 is 5.32 Å². The number of carboxylic acids is 1. The Labute approximate surface area is 514 Å². The predicted octanol–water partition coefficient (Wildman–Crippen LogP) is 16.7. The Morgan fingerprint density at radius 2 is 0.865 bits per heavy atom. The van der Waals surface area contributed by atoms with Crippen molar-refractivity contribution in [3.63, 3.8) is 0 Å². The van der Waals surface area contributed by atoms with Gasteiger partial charge in [-0.15, -0.1) is 24.0 Å². The van der Waals surface area contributed by atoms with Gasteiger partial charge in [-0.1, -0.05) is 26.7 Å². The number of ether oxygens (including phenoxy) is 2. The number of aliphatic carboxylic acids is 1. The van der Waals surface area contributed by atoms with Crippen LogP contribution in [0.3, 0.4) is 0 Å². The van der Waals surface area contributed by atoms with E-state index in [0.717, 1.165) is 69.1 Å². The maximum Gasteiger partial charge on any atom is 0.303 e. The van der Waals surface area contributed by atoms with E-state index in [9.17, 15) is 24.0 Å². The number of fused-ring (bicyclic) bond motifs is 6. The van der Waals surface area contributed by atoms with Crippen LogP contribution in [0.2, 0.25) is 0 Å². The Hall–Kier alpha value is 2.02. The number of carboxylic acid groups (broad SMARTS) is 1. The number of carbonyl (C=O) groups excluding carboxylic acids is 4. The van der Waals surface area contributed by atoms with Crippen LogP contribution >= 0.6 is 114 Å². The maximum atomic E-state index is 12.7. The van der Waals surface area contributed by atoms with Crippen molar-refractivity contribution in [2.45, 2.75) is 263 Å². The van der Waals surface area contributed by atoms with E-state index in [0.29, 0.717) is 66.3 Å². The van der Waals surface area contributed by atoms with Gasteiger partial charge in [-0.25, -0.2) is 9.59 Å². The van der Waals surface area contributed by atoms with Crippen molar-refractivity contribution >= 4 is 144 Å². The molecule has 2 N–H and O–H groups in total. The first-order valence-electron chi connectivity index (χ1n) is 27.3. The van der Waals surface area contributed by atoms with Gasteiger partial charge in [0, 0.05) is 75.7 Å². The van der Waals surface area contributed by atoms with Crippen molar-refractivity contribution in [3.8, 4) is 0 Å². The Balaban J connectivity index is 0.000000260. The van der Waals surface area contributed by atoms with E-state index in [1.165, 1.54) is 103 Å². The zero-order valence-corrected chi connectivity index (χ0v) is 60.7. The molecule has 9 aliphatic rings. The third kappa shape index (κ3) is 25.3. The van der Waals surface area contributed by atoms with E-state index in [4.69, 9.17) is 14.6 Å². The summed E-state index contributed by atoms with van der Waals surface area (Å²) in [5, 5.41) is 11.5. The first-order chi connectivity index (χ1) is 33.8. The molecule has 5 saturated carbocycles. The predicted molar refractivity (Wildman–Crippen MR) is 364 cm³/mol. The fourth-order valence-electron chi connectivity index (χ4n) is 12.0. The standard InChI is InChI=1S/C19H32N2O3.C15H27NO2.C14H24N2O.C5H8O2.CH4.I6.HI/c1-19(2,3)24-18(23)20(4)16-11-14-6-5-7-15(12-16)21(14)17(22)10-13-8-9-13;1-15(2,3)18-14(17)16(4)13-9-11-6-5-7-12(8-11)10-13;1-15-11-8-12-3-2-4-13(9-11)16(12)14(17)7-10-5-6-10;6-5(7)3-4-1-2-4;;1-5(2)6(3)4;/h13-16H,5-12H2,1-4H3;11-13H,5-10H2,1-4H3;10-13,15H,2-9H2,1H3;4H,1-3H2,(H,6,7);1H4;;1H/t14-,15+,16?;11-,12+,13?;11?,12-,13+;;;;. The second-order valence-electron chi connectivity index (χ2n) is 24.5. The van der Waals surface area contributed by atoms with Crippen LogP contribution in [0.25, 0.3) is 0 Å². The summed E-state index contributed by atoms with van der Waals surface area (Å²) in [6, 6.07) is 2.88. The topological polar surface area (TPSA) is 149 Å². The fourth-order valence-corrected chi connectivity index (χ4v) is 12.0. The maximum absolute atomic E-state index is 12.7. The minimum atomic E-state index is -0.650. The summed E-state index contributed by atoms with van der Waals surface area (Å²) in [6.07, 6.45) is 27.9. The van der Waals surface area contributed by atoms with Gasteiger partial charge in [0.15, 0.2) is 0 Å². The van der Waals surface area contributed by atoms with Crippen molar-refractivity contribution < 1.29 is 38.6 Å². The minimum absolute atomic E-state index is 0. The normalized spacial score (nSPS) is 29.0. The summed E-state index contributed by atoms with van der Waals surface area (Å²) in [5.41, 5.74) is -0.863. The molecule has 4 aliphatic heterocycles. The van der Waals surface area contributed by atoms with Crippen LogP contribution in [-0.4, -0.2) is 129 Å². The molecule has 0 radical (unpaired) electrons. The number of hydrogen-bond donors (Lipinski definition) is 2. The van der Waals surface area contributed by atoms with Crippen LogP contribution in [0.5, 0.6) is 0 Å². The van der Waals surface area contributed by atoms with Gasteiger partial charge in [-0.2, -0.15) is 0 Å². The second kappa shape index (κ2) is 33.3. The van der Waals surface area contributed by atoms with Gasteiger partial charge < -0.3 is 39.5 Å². The summed E-state index contributed by atoms with van der Waals surface area (Å²) >= 11 is 10.5. The Kier molecular flexibility index (Phi) is 31.7. The number of halogens is 7. The van der Waals surface area contributed by atoms with Gasteiger partial charge in [0.25, 0.3) is 0 Å². The van der Waals surface area contributed by atoms with E-state index < -0.39 is 17.2 Å². The van der Waals surface area contributed by atoms with Gasteiger partial charge in [0.2, 0.25) is 11.8 Å². The molecule has 434 valence electrons. The van der Waals surface area contributed by atoms with Gasteiger partial charge in [-0.3, -0.25) is 14.4 Å². The molecule has 0 spiro atoms. The molecule has 4 saturated heterocycles. The molecular weight excluding hydrogens is 1730 g/mol. The van der Waals surface area contributed by atoms with Crippen molar-refractivity contribution in [2.75, 3.05) is 21.1 Å². The summed E-state index contributed by atoms with van der Waals surface area (Å²) in [6.45, 7) is 11.5. The number of rotatable bonds is 10. The van der Waals surface area contributed by atoms with E-state index in [1.807, 2.05) is 60.5 Å². The quantitative estimate of drug-likeness (QED) is 0.204. The molecular formula is C54H96I7N5O8.